The molecule has 0 saturated carbocycles. The highest BCUT2D eigenvalue weighted by Crippen LogP contribution is 2.29. The van der Waals surface area contributed by atoms with Gasteiger partial charge in [-0.2, -0.15) is 0 Å². The lowest BCUT2D eigenvalue weighted by atomic mass is 10.1. The molecule has 0 bridgehead atoms. The zero-order valence-electron chi connectivity index (χ0n) is 9.80. The van der Waals surface area contributed by atoms with E-state index in [0.29, 0.717) is 23.8 Å². The van der Waals surface area contributed by atoms with E-state index in [1.54, 1.807) is 18.2 Å². The number of alkyl halides is 1. The van der Waals surface area contributed by atoms with Crippen LogP contribution in [0.2, 0.25) is 0 Å². The van der Waals surface area contributed by atoms with E-state index in [-0.39, 0.29) is 18.9 Å². The van der Waals surface area contributed by atoms with Crippen molar-refractivity contribution in [3.63, 3.8) is 0 Å². The van der Waals surface area contributed by atoms with E-state index in [1.807, 2.05) is 0 Å². The zero-order valence-corrected chi connectivity index (χ0v) is 10.6. The first-order valence-electron chi connectivity index (χ1n) is 5.34. The van der Waals surface area contributed by atoms with Crippen LogP contribution in [-0.4, -0.2) is 24.0 Å². The maximum absolute atomic E-state index is 10.9. The third kappa shape index (κ3) is 4.01. The lowest BCUT2D eigenvalue weighted by Gasteiger charge is -2.10. The fourth-order valence-corrected chi connectivity index (χ4v) is 1.48. The van der Waals surface area contributed by atoms with Gasteiger partial charge in [-0.25, -0.2) is 0 Å². The zero-order chi connectivity index (χ0) is 13.4. The molecule has 1 aromatic rings. The molecular formula is C12H14ClNO4. The monoisotopic (exact) mass is 271 g/mol. The fourth-order valence-electron chi connectivity index (χ4n) is 1.40. The Morgan fingerprint density at radius 3 is 2.89 bits per heavy atom. The summed E-state index contributed by atoms with van der Waals surface area (Å²) in [5.74, 6) is 0.740. The van der Waals surface area contributed by atoms with Crippen LogP contribution in [0.15, 0.2) is 30.9 Å². The molecule has 0 aliphatic heterocycles. The van der Waals surface area contributed by atoms with Crippen LogP contribution in [0, 0.1) is 10.1 Å². The molecule has 5 nitrogen and oxygen atoms in total. The van der Waals surface area contributed by atoms with Crippen LogP contribution >= 0.6 is 11.6 Å². The van der Waals surface area contributed by atoms with Gasteiger partial charge in [0.1, 0.15) is 12.4 Å². The molecule has 0 aliphatic carbocycles. The smallest absolute Gasteiger partial charge is 0.278 e. The molecule has 0 saturated heterocycles. The van der Waals surface area contributed by atoms with Gasteiger partial charge in [-0.05, 0) is 6.07 Å². The highest BCUT2D eigenvalue weighted by molar-refractivity contribution is 6.18. The average Bonchev–Trinajstić information content (AvgIpc) is 2.37. The summed E-state index contributed by atoms with van der Waals surface area (Å²) in [4.78, 5) is 10.5. The number of hydrogen-bond donors (Lipinski definition) is 0. The molecule has 1 aromatic carbocycles. The van der Waals surface area contributed by atoms with Gasteiger partial charge in [0.05, 0.1) is 29.6 Å². The highest BCUT2D eigenvalue weighted by atomic mass is 35.5. The Hall–Kier alpha value is -1.59. The van der Waals surface area contributed by atoms with Gasteiger partial charge in [0.2, 0.25) is 0 Å². The van der Waals surface area contributed by atoms with Crippen molar-refractivity contribution in [1.29, 1.82) is 0 Å². The van der Waals surface area contributed by atoms with Crippen LogP contribution in [0.1, 0.15) is 5.56 Å². The number of ether oxygens (including phenoxy) is 2. The second-order valence-corrected chi connectivity index (χ2v) is 3.73. The minimum Gasteiger partial charge on any atom is -0.492 e. The van der Waals surface area contributed by atoms with Gasteiger partial charge in [-0.15, -0.1) is 18.2 Å². The van der Waals surface area contributed by atoms with Crippen molar-refractivity contribution in [3.05, 3.63) is 46.5 Å². The first kappa shape index (κ1) is 14.5. The topological polar surface area (TPSA) is 61.6 Å². The Balaban J connectivity index is 2.96. The number of nitro groups is 1. The summed E-state index contributed by atoms with van der Waals surface area (Å²) < 4.78 is 10.6. The van der Waals surface area contributed by atoms with E-state index in [0.717, 1.165) is 0 Å². The van der Waals surface area contributed by atoms with Crippen molar-refractivity contribution in [2.45, 2.75) is 6.61 Å². The number of rotatable bonds is 8. The minimum absolute atomic E-state index is 0.0221. The minimum atomic E-state index is -0.458. The van der Waals surface area contributed by atoms with Crippen molar-refractivity contribution in [2.75, 3.05) is 19.1 Å². The lowest BCUT2D eigenvalue weighted by Crippen LogP contribution is -2.05. The first-order valence-corrected chi connectivity index (χ1v) is 5.87. The number of hydrogen-bond acceptors (Lipinski definition) is 4. The third-order valence-corrected chi connectivity index (χ3v) is 2.28. The second kappa shape index (κ2) is 7.68. The molecule has 0 heterocycles. The summed E-state index contributed by atoms with van der Waals surface area (Å²) in [5.41, 5.74) is 0.389. The number of benzene rings is 1. The van der Waals surface area contributed by atoms with Crippen LogP contribution in [0.4, 0.5) is 5.69 Å². The van der Waals surface area contributed by atoms with Gasteiger partial charge < -0.3 is 9.47 Å². The molecule has 1 rings (SSSR count). The Morgan fingerprint density at radius 1 is 1.50 bits per heavy atom. The molecule has 18 heavy (non-hydrogen) atoms. The molecule has 0 radical (unpaired) electrons. The molecule has 0 aliphatic rings. The second-order valence-electron chi connectivity index (χ2n) is 3.35. The Morgan fingerprint density at radius 2 is 2.28 bits per heavy atom. The Kier molecular flexibility index (Phi) is 6.18. The molecule has 6 heteroatoms. The summed E-state index contributed by atoms with van der Waals surface area (Å²) in [6.45, 7) is 4.22. The molecule has 0 aromatic heterocycles. The summed E-state index contributed by atoms with van der Waals surface area (Å²) in [7, 11) is 0. The van der Waals surface area contributed by atoms with Crippen LogP contribution in [0.5, 0.6) is 5.75 Å². The molecule has 0 spiro atoms. The molecule has 98 valence electrons. The van der Waals surface area contributed by atoms with Gasteiger partial charge in [0.25, 0.3) is 5.69 Å². The van der Waals surface area contributed by atoms with Gasteiger partial charge in [-0.3, -0.25) is 10.1 Å². The number of halogens is 1. The van der Waals surface area contributed by atoms with Crippen molar-refractivity contribution < 1.29 is 14.4 Å². The highest BCUT2D eigenvalue weighted by Gasteiger charge is 2.18. The summed E-state index contributed by atoms with van der Waals surface area (Å²) in [6.07, 6.45) is 1.58. The molecule has 0 unspecified atom stereocenters. The first-order chi connectivity index (χ1) is 8.70. The van der Waals surface area contributed by atoms with Gasteiger partial charge in [0.15, 0.2) is 0 Å². The van der Waals surface area contributed by atoms with Gasteiger partial charge >= 0.3 is 0 Å². The summed E-state index contributed by atoms with van der Waals surface area (Å²) in [5, 5.41) is 10.9. The maximum Gasteiger partial charge on any atom is 0.278 e. The van der Waals surface area contributed by atoms with E-state index >= 15 is 0 Å². The van der Waals surface area contributed by atoms with E-state index in [4.69, 9.17) is 21.1 Å². The number of nitro benzene ring substituents is 1. The average molecular weight is 272 g/mol. The fraction of sp³-hybridized carbons (Fsp3) is 0.333. The third-order valence-electron chi connectivity index (χ3n) is 2.12. The van der Waals surface area contributed by atoms with Crippen LogP contribution < -0.4 is 4.74 Å². The molecular weight excluding hydrogens is 258 g/mol. The van der Waals surface area contributed by atoms with Crippen LogP contribution in [0.3, 0.4) is 0 Å². The maximum atomic E-state index is 10.9. The standard InChI is InChI=1S/C12H14ClNO4/c1-2-7-17-9-10-11(14(15)16)4-3-5-12(10)18-8-6-13/h2-5H,1,6-9H2. The SMILES string of the molecule is C=CCOCc1c(OCCCl)cccc1[N+](=O)[O-]. The van der Waals surface area contributed by atoms with Crippen molar-refractivity contribution in [2.24, 2.45) is 0 Å². The normalized spacial score (nSPS) is 10.1. The molecule has 0 atom stereocenters. The molecule has 0 amide bonds. The lowest BCUT2D eigenvalue weighted by molar-refractivity contribution is -0.386. The van der Waals surface area contributed by atoms with E-state index < -0.39 is 4.92 Å². The Bertz CT molecular complexity index is 423. The predicted octanol–water partition coefficient (Wildman–Crippen LogP) is 2.92. The van der Waals surface area contributed by atoms with E-state index in [2.05, 4.69) is 6.58 Å². The van der Waals surface area contributed by atoms with Gasteiger partial charge in [0, 0.05) is 6.07 Å². The van der Waals surface area contributed by atoms with Crippen molar-refractivity contribution >= 4 is 17.3 Å². The molecule has 0 fully saturated rings. The predicted molar refractivity (Wildman–Crippen MR) is 69.2 cm³/mol. The van der Waals surface area contributed by atoms with Crippen LogP contribution in [-0.2, 0) is 11.3 Å². The van der Waals surface area contributed by atoms with Crippen LogP contribution in [0.25, 0.3) is 0 Å². The molecule has 0 N–H and O–H groups in total. The van der Waals surface area contributed by atoms with E-state index in [9.17, 15) is 10.1 Å². The van der Waals surface area contributed by atoms with Gasteiger partial charge in [-0.1, -0.05) is 12.1 Å². The van der Waals surface area contributed by atoms with Crippen molar-refractivity contribution in [3.8, 4) is 5.75 Å². The summed E-state index contributed by atoms with van der Waals surface area (Å²) >= 11 is 5.53. The Labute approximate surface area is 110 Å². The largest absolute Gasteiger partial charge is 0.492 e. The quantitative estimate of drug-likeness (QED) is 0.240. The van der Waals surface area contributed by atoms with Crippen molar-refractivity contribution in [1.82, 2.24) is 0 Å². The number of nitrogens with zero attached hydrogens (tertiary/aromatic N) is 1. The van der Waals surface area contributed by atoms with E-state index in [1.165, 1.54) is 6.07 Å². The summed E-state index contributed by atoms with van der Waals surface area (Å²) in [6, 6.07) is 4.64.